The smallest absolute Gasteiger partial charge is 0.0599 e. The van der Waals surface area contributed by atoms with Gasteiger partial charge in [0.15, 0.2) is 0 Å². The van der Waals surface area contributed by atoms with Crippen molar-refractivity contribution >= 4 is 0 Å². The van der Waals surface area contributed by atoms with Crippen LogP contribution in [0.4, 0.5) is 0 Å². The van der Waals surface area contributed by atoms with Crippen molar-refractivity contribution in [3.8, 4) is 0 Å². The minimum atomic E-state index is 0.551. The highest BCUT2D eigenvalue weighted by Gasteiger charge is 2.18. The molecule has 0 radical (unpaired) electrons. The molecule has 0 saturated carbocycles. The minimum Gasteiger partial charge on any atom is -0.378 e. The molecule has 2 heteroatoms. The highest BCUT2D eigenvalue weighted by Crippen LogP contribution is 2.14. The lowest BCUT2D eigenvalue weighted by molar-refractivity contribution is 0.00645. The van der Waals surface area contributed by atoms with Crippen molar-refractivity contribution in [3.63, 3.8) is 0 Å². The highest BCUT2D eigenvalue weighted by molar-refractivity contribution is 4.71. The van der Waals surface area contributed by atoms with E-state index in [9.17, 15) is 0 Å². The van der Waals surface area contributed by atoms with Gasteiger partial charge in [-0.05, 0) is 32.2 Å². The van der Waals surface area contributed by atoms with Gasteiger partial charge in [-0.3, -0.25) is 0 Å². The van der Waals surface area contributed by atoms with Crippen molar-refractivity contribution in [2.24, 2.45) is 0 Å². The lowest BCUT2D eigenvalue weighted by Crippen LogP contribution is -2.37. The number of rotatable bonds is 6. The molecule has 1 rings (SSSR count). The van der Waals surface area contributed by atoms with E-state index in [2.05, 4.69) is 18.7 Å². The van der Waals surface area contributed by atoms with Gasteiger partial charge in [-0.1, -0.05) is 20.3 Å². The van der Waals surface area contributed by atoms with Gasteiger partial charge in [0.25, 0.3) is 0 Å². The number of piperidine rings is 1. The van der Waals surface area contributed by atoms with Crippen LogP contribution in [0.3, 0.4) is 0 Å². The molecule has 0 aromatic heterocycles. The first kappa shape index (κ1) is 12.0. The third-order valence-electron chi connectivity index (χ3n) is 2.93. The van der Waals surface area contributed by atoms with Crippen LogP contribution >= 0.6 is 0 Å². The number of ether oxygens (including phenoxy) is 1. The fraction of sp³-hybridized carbons (Fsp3) is 1.00. The first-order valence-electron chi connectivity index (χ1n) is 6.20. The van der Waals surface area contributed by atoms with Gasteiger partial charge in [0.05, 0.1) is 6.10 Å². The van der Waals surface area contributed by atoms with Crippen molar-refractivity contribution in [3.05, 3.63) is 0 Å². The lowest BCUT2D eigenvalue weighted by atomic mass is 10.1. The van der Waals surface area contributed by atoms with Gasteiger partial charge >= 0.3 is 0 Å². The summed E-state index contributed by atoms with van der Waals surface area (Å²) in [5.41, 5.74) is 0. The summed E-state index contributed by atoms with van der Waals surface area (Å²) in [5, 5.41) is 0. The minimum absolute atomic E-state index is 0.551. The maximum absolute atomic E-state index is 5.82. The Morgan fingerprint density at radius 1 is 1.14 bits per heavy atom. The predicted molar refractivity (Wildman–Crippen MR) is 60.6 cm³/mol. The van der Waals surface area contributed by atoms with Crippen molar-refractivity contribution in [2.45, 2.75) is 52.1 Å². The van der Waals surface area contributed by atoms with E-state index >= 15 is 0 Å². The van der Waals surface area contributed by atoms with Gasteiger partial charge in [0.2, 0.25) is 0 Å². The Balaban J connectivity index is 2.03. The van der Waals surface area contributed by atoms with Crippen molar-refractivity contribution in [1.29, 1.82) is 0 Å². The molecule has 0 aromatic rings. The number of hydrogen-bond donors (Lipinski definition) is 0. The Bertz CT molecular complexity index is 130. The molecule has 0 bridgehead atoms. The summed E-state index contributed by atoms with van der Waals surface area (Å²) in [6.45, 7) is 9.18. The third-order valence-corrected chi connectivity index (χ3v) is 2.93. The maximum Gasteiger partial charge on any atom is 0.0599 e. The normalized spacial score (nSPS) is 20.1. The average molecular weight is 199 g/mol. The van der Waals surface area contributed by atoms with Crippen molar-refractivity contribution in [1.82, 2.24) is 4.90 Å². The summed E-state index contributed by atoms with van der Waals surface area (Å²) in [7, 11) is 0. The summed E-state index contributed by atoms with van der Waals surface area (Å²) in [6.07, 6.45) is 6.77. The molecule has 1 saturated heterocycles. The van der Waals surface area contributed by atoms with Gasteiger partial charge in [0.1, 0.15) is 0 Å². The van der Waals surface area contributed by atoms with Gasteiger partial charge in [0, 0.05) is 19.7 Å². The molecule has 1 fully saturated rings. The van der Waals surface area contributed by atoms with Gasteiger partial charge < -0.3 is 9.64 Å². The number of likely N-dealkylation sites (tertiary alicyclic amines) is 1. The van der Waals surface area contributed by atoms with Crippen LogP contribution in [0.25, 0.3) is 0 Å². The fourth-order valence-corrected chi connectivity index (χ4v) is 2.01. The monoisotopic (exact) mass is 199 g/mol. The standard InChI is InChI=1S/C12H25NO/c1-3-5-11-14-12-6-9-13(8-4-2)10-7-12/h12H,3-11H2,1-2H3. The highest BCUT2D eigenvalue weighted by atomic mass is 16.5. The van der Waals surface area contributed by atoms with Crippen LogP contribution in [0, 0.1) is 0 Å². The topological polar surface area (TPSA) is 12.5 Å². The van der Waals surface area contributed by atoms with Crippen LogP contribution in [-0.2, 0) is 4.74 Å². The molecular weight excluding hydrogens is 174 g/mol. The molecule has 84 valence electrons. The zero-order valence-electron chi connectivity index (χ0n) is 9.80. The van der Waals surface area contributed by atoms with Crippen LogP contribution in [0.2, 0.25) is 0 Å². The molecule has 0 aromatic carbocycles. The van der Waals surface area contributed by atoms with Gasteiger partial charge in [-0.2, -0.15) is 0 Å². The molecule has 2 nitrogen and oxygen atoms in total. The van der Waals surface area contributed by atoms with Crippen LogP contribution in [0.5, 0.6) is 0 Å². The molecule has 1 heterocycles. The lowest BCUT2D eigenvalue weighted by Gasteiger charge is -2.31. The Morgan fingerprint density at radius 2 is 1.86 bits per heavy atom. The summed E-state index contributed by atoms with van der Waals surface area (Å²) in [5.74, 6) is 0. The molecule has 1 aliphatic rings. The molecule has 14 heavy (non-hydrogen) atoms. The third kappa shape index (κ3) is 4.43. The number of unbranched alkanes of at least 4 members (excludes halogenated alkanes) is 1. The molecule has 0 spiro atoms. The van der Waals surface area contributed by atoms with E-state index < -0.39 is 0 Å². The Morgan fingerprint density at radius 3 is 2.43 bits per heavy atom. The first-order valence-corrected chi connectivity index (χ1v) is 6.20. The predicted octanol–water partition coefficient (Wildman–Crippen LogP) is 2.68. The zero-order chi connectivity index (χ0) is 10.2. The second kappa shape index (κ2) is 7.24. The SMILES string of the molecule is CCCCOC1CCN(CCC)CC1. The van der Waals surface area contributed by atoms with E-state index in [-0.39, 0.29) is 0 Å². The maximum atomic E-state index is 5.82. The van der Waals surface area contributed by atoms with Crippen LogP contribution in [0.1, 0.15) is 46.0 Å². The molecule has 0 amide bonds. The van der Waals surface area contributed by atoms with Crippen molar-refractivity contribution in [2.75, 3.05) is 26.2 Å². The van der Waals surface area contributed by atoms with Crippen molar-refractivity contribution < 1.29 is 4.74 Å². The quantitative estimate of drug-likeness (QED) is 0.610. The largest absolute Gasteiger partial charge is 0.378 e. The molecular formula is C12H25NO. The van der Waals surface area contributed by atoms with E-state index in [1.807, 2.05) is 0 Å². The Hall–Kier alpha value is -0.0800. The number of nitrogens with zero attached hydrogens (tertiary/aromatic N) is 1. The van der Waals surface area contributed by atoms with Crippen LogP contribution < -0.4 is 0 Å². The zero-order valence-corrected chi connectivity index (χ0v) is 9.80. The van der Waals surface area contributed by atoms with Gasteiger partial charge in [-0.25, -0.2) is 0 Å². The van der Waals surface area contributed by atoms with E-state index in [1.165, 1.54) is 51.7 Å². The first-order chi connectivity index (χ1) is 6.86. The average Bonchev–Trinajstić information content (AvgIpc) is 2.21. The second-order valence-electron chi connectivity index (χ2n) is 4.27. The summed E-state index contributed by atoms with van der Waals surface area (Å²) in [4.78, 5) is 2.56. The van der Waals surface area contributed by atoms with E-state index in [0.29, 0.717) is 6.10 Å². The Kier molecular flexibility index (Phi) is 6.20. The van der Waals surface area contributed by atoms with Crippen LogP contribution in [0.15, 0.2) is 0 Å². The molecule has 0 unspecified atom stereocenters. The number of hydrogen-bond acceptors (Lipinski definition) is 2. The summed E-state index contributed by atoms with van der Waals surface area (Å²) >= 11 is 0. The molecule has 0 N–H and O–H groups in total. The molecule has 0 atom stereocenters. The summed E-state index contributed by atoms with van der Waals surface area (Å²) in [6, 6.07) is 0. The second-order valence-corrected chi connectivity index (χ2v) is 4.27. The van der Waals surface area contributed by atoms with E-state index in [1.54, 1.807) is 0 Å². The molecule has 1 aliphatic heterocycles. The summed E-state index contributed by atoms with van der Waals surface area (Å²) < 4.78 is 5.82. The fourth-order valence-electron chi connectivity index (χ4n) is 2.01. The van der Waals surface area contributed by atoms with E-state index in [0.717, 1.165) is 6.61 Å². The van der Waals surface area contributed by atoms with E-state index in [4.69, 9.17) is 4.74 Å². The molecule has 0 aliphatic carbocycles. The van der Waals surface area contributed by atoms with Crippen LogP contribution in [-0.4, -0.2) is 37.2 Å². The Labute approximate surface area is 88.6 Å². The van der Waals surface area contributed by atoms with Gasteiger partial charge in [-0.15, -0.1) is 0 Å².